The normalized spacial score (nSPS) is 20.5. The predicted octanol–water partition coefficient (Wildman–Crippen LogP) is 2.07. The van der Waals surface area contributed by atoms with Crippen molar-refractivity contribution in [1.82, 2.24) is 10.6 Å². The second-order valence-electron chi connectivity index (χ2n) is 5.93. The van der Waals surface area contributed by atoms with E-state index in [4.69, 9.17) is 0 Å². The van der Waals surface area contributed by atoms with E-state index in [9.17, 15) is 4.79 Å². The number of hydrogen-bond acceptors (Lipinski definition) is 2. The molecule has 1 aliphatic carbocycles. The topological polar surface area (TPSA) is 41.1 Å². The van der Waals surface area contributed by atoms with Crippen molar-refractivity contribution in [1.29, 1.82) is 0 Å². The van der Waals surface area contributed by atoms with Crippen LogP contribution in [-0.2, 0) is 4.79 Å². The van der Waals surface area contributed by atoms with Gasteiger partial charge in [-0.3, -0.25) is 4.79 Å². The van der Waals surface area contributed by atoms with Crippen LogP contribution in [0.2, 0.25) is 0 Å². The van der Waals surface area contributed by atoms with Gasteiger partial charge in [-0.1, -0.05) is 40.0 Å². The SMILES string of the molecule is CNC(C(=O)NC1CCCCC1)C(C)(C)C. The van der Waals surface area contributed by atoms with Crippen molar-refractivity contribution in [2.45, 2.75) is 65.0 Å². The summed E-state index contributed by atoms with van der Waals surface area (Å²) in [6.45, 7) is 6.28. The summed E-state index contributed by atoms with van der Waals surface area (Å²) in [7, 11) is 1.86. The maximum absolute atomic E-state index is 12.1. The Labute approximate surface area is 99.4 Å². The van der Waals surface area contributed by atoms with E-state index in [1.54, 1.807) is 0 Å². The van der Waals surface area contributed by atoms with Crippen LogP contribution in [-0.4, -0.2) is 25.0 Å². The van der Waals surface area contributed by atoms with Gasteiger partial charge in [0.1, 0.15) is 0 Å². The maximum Gasteiger partial charge on any atom is 0.237 e. The van der Waals surface area contributed by atoms with E-state index in [-0.39, 0.29) is 17.4 Å². The number of hydrogen-bond donors (Lipinski definition) is 2. The first-order chi connectivity index (χ1) is 7.45. The second-order valence-corrected chi connectivity index (χ2v) is 5.93. The molecule has 0 heterocycles. The summed E-state index contributed by atoms with van der Waals surface area (Å²) in [6.07, 6.45) is 6.12. The minimum absolute atomic E-state index is 0.0342. The van der Waals surface area contributed by atoms with E-state index in [2.05, 4.69) is 31.4 Å². The summed E-state index contributed by atoms with van der Waals surface area (Å²) in [5, 5.41) is 6.29. The summed E-state index contributed by atoms with van der Waals surface area (Å²) in [6, 6.07) is 0.300. The fourth-order valence-corrected chi connectivity index (χ4v) is 2.49. The highest BCUT2D eigenvalue weighted by Gasteiger charge is 2.31. The zero-order chi connectivity index (χ0) is 12.2. The minimum atomic E-state index is -0.102. The molecular formula is C13H26N2O. The first kappa shape index (κ1) is 13.5. The molecule has 1 aliphatic rings. The third-order valence-corrected chi connectivity index (χ3v) is 3.37. The monoisotopic (exact) mass is 226 g/mol. The van der Waals surface area contributed by atoms with Crippen molar-refractivity contribution in [2.24, 2.45) is 5.41 Å². The molecule has 0 bridgehead atoms. The van der Waals surface area contributed by atoms with Crippen molar-refractivity contribution in [3.05, 3.63) is 0 Å². The molecule has 0 saturated heterocycles. The lowest BCUT2D eigenvalue weighted by atomic mass is 9.85. The molecule has 0 aliphatic heterocycles. The molecule has 1 atom stereocenters. The largest absolute Gasteiger partial charge is 0.352 e. The zero-order valence-electron chi connectivity index (χ0n) is 11.1. The van der Waals surface area contributed by atoms with Crippen LogP contribution in [0.25, 0.3) is 0 Å². The van der Waals surface area contributed by atoms with Gasteiger partial charge in [0.25, 0.3) is 0 Å². The Kier molecular flexibility index (Phi) is 4.78. The molecule has 1 fully saturated rings. The Morgan fingerprint density at radius 2 is 1.75 bits per heavy atom. The zero-order valence-corrected chi connectivity index (χ0v) is 11.1. The predicted molar refractivity (Wildman–Crippen MR) is 67.3 cm³/mol. The molecule has 1 amide bonds. The van der Waals surface area contributed by atoms with Crippen molar-refractivity contribution in [3.63, 3.8) is 0 Å². The van der Waals surface area contributed by atoms with Crippen LogP contribution in [0.1, 0.15) is 52.9 Å². The van der Waals surface area contributed by atoms with E-state index >= 15 is 0 Å². The van der Waals surface area contributed by atoms with Gasteiger partial charge in [-0.15, -0.1) is 0 Å². The van der Waals surface area contributed by atoms with Gasteiger partial charge in [-0.25, -0.2) is 0 Å². The molecule has 0 spiro atoms. The molecule has 0 aromatic rings. The van der Waals surface area contributed by atoms with Gasteiger partial charge in [0.05, 0.1) is 6.04 Å². The van der Waals surface area contributed by atoms with E-state index < -0.39 is 0 Å². The van der Waals surface area contributed by atoms with Crippen LogP contribution in [0.3, 0.4) is 0 Å². The summed E-state index contributed by atoms with van der Waals surface area (Å²) in [4.78, 5) is 12.1. The van der Waals surface area contributed by atoms with Gasteiger partial charge >= 0.3 is 0 Å². The summed E-state index contributed by atoms with van der Waals surface area (Å²) in [5.74, 6) is 0.155. The Balaban J connectivity index is 2.48. The van der Waals surface area contributed by atoms with E-state index in [0.29, 0.717) is 6.04 Å². The van der Waals surface area contributed by atoms with Crippen LogP contribution in [0, 0.1) is 5.41 Å². The third-order valence-electron chi connectivity index (χ3n) is 3.37. The van der Waals surface area contributed by atoms with Crippen LogP contribution in [0.15, 0.2) is 0 Å². The lowest BCUT2D eigenvalue weighted by Crippen LogP contribution is -2.53. The van der Waals surface area contributed by atoms with Crippen LogP contribution >= 0.6 is 0 Å². The number of likely N-dealkylation sites (N-methyl/N-ethyl adjacent to an activating group) is 1. The Bertz CT molecular complexity index is 227. The van der Waals surface area contributed by atoms with Gasteiger partial charge in [0.15, 0.2) is 0 Å². The first-order valence-corrected chi connectivity index (χ1v) is 6.43. The Morgan fingerprint density at radius 1 is 1.19 bits per heavy atom. The molecule has 1 rings (SSSR count). The number of carbonyl (C=O) groups is 1. The Morgan fingerprint density at radius 3 is 2.19 bits per heavy atom. The Hall–Kier alpha value is -0.570. The lowest BCUT2D eigenvalue weighted by Gasteiger charge is -2.32. The molecule has 16 heavy (non-hydrogen) atoms. The van der Waals surface area contributed by atoms with Crippen LogP contribution in [0.4, 0.5) is 0 Å². The fraction of sp³-hybridized carbons (Fsp3) is 0.923. The number of carbonyl (C=O) groups excluding carboxylic acids is 1. The highest BCUT2D eigenvalue weighted by Crippen LogP contribution is 2.21. The average molecular weight is 226 g/mol. The van der Waals surface area contributed by atoms with E-state index in [1.807, 2.05) is 7.05 Å². The van der Waals surface area contributed by atoms with Crippen molar-refractivity contribution < 1.29 is 4.79 Å². The fourth-order valence-electron chi connectivity index (χ4n) is 2.49. The number of nitrogens with one attached hydrogen (secondary N) is 2. The summed E-state index contributed by atoms with van der Waals surface area (Å²) >= 11 is 0. The van der Waals surface area contributed by atoms with Gasteiger partial charge in [0.2, 0.25) is 5.91 Å². The maximum atomic E-state index is 12.1. The van der Waals surface area contributed by atoms with Crippen molar-refractivity contribution in [2.75, 3.05) is 7.05 Å². The first-order valence-electron chi connectivity index (χ1n) is 6.43. The molecule has 0 radical (unpaired) electrons. The highest BCUT2D eigenvalue weighted by atomic mass is 16.2. The molecular weight excluding hydrogens is 200 g/mol. The molecule has 3 heteroatoms. The van der Waals surface area contributed by atoms with Gasteiger partial charge in [-0.2, -0.15) is 0 Å². The molecule has 0 aromatic heterocycles. The molecule has 0 aromatic carbocycles. The molecule has 1 saturated carbocycles. The molecule has 1 unspecified atom stereocenters. The van der Waals surface area contributed by atoms with Gasteiger partial charge in [0, 0.05) is 6.04 Å². The second kappa shape index (κ2) is 5.67. The van der Waals surface area contributed by atoms with E-state index in [1.165, 1.54) is 19.3 Å². The summed E-state index contributed by atoms with van der Waals surface area (Å²) < 4.78 is 0. The number of rotatable bonds is 3. The number of amides is 1. The van der Waals surface area contributed by atoms with Crippen LogP contribution < -0.4 is 10.6 Å². The lowest BCUT2D eigenvalue weighted by molar-refractivity contribution is -0.126. The highest BCUT2D eigenvalue weighted by molar-refractivity contribution is 5.82. The molecule has 2 N–H and O–H groups in total. The standard InChI is InChI=1S/C13H26N2O/c1-13(2,3)11(14-4)12(16)15-10-8-6-5-7-9-10/h10-11,14H,5-9H2,1-4H3,(H,15,16). The van der Waals surface area contributed by atoms with Gasteiger partial charge < -0.3 is 10.6 Å². The minimum Gasteiger partial charge on any atom is -0.352 e. The van der Waals surface area contributed by atoms with Crippen molar-refractivity contribution >= 4 is 5.91 Å². The quantitative estimate of drug-likeness (QED) is 0.773. The molecule has 3 nitrogen and oxygen atoms in total. The van der Waals surface area contributed by atoms with Crippen LogP contribution in [0.5, 0.6) is 0 Å². The smallest absolute Gasteiger partial charge is 0.237 e. The third kappa shape index (κ3) is 3.78. The molecule has 94 valence electrons. The van der Waals surface area contributed by atoms with Gasteiger partial charge in [-0.05, 0) is 25.3 Å². The van der Waals surface area contributed by atoms with Crippen molar-refractivity contribution in [3.8, 4) is 0 Å². The van der Waals surface area contributed by atoms with E-state index in [0.717, 1.165) is 12.8 Å². The summed E-state index contributed by atoms with van der Waals surface area (Å²) in [5.41, 5.74) is -0.0342. The average Bonchev–Trinajstić information content (AvgIpc) is 2.17.